The second kappa shape index (κ2) is 6.35. The molecular weight excluding hydrogens is 292 g/mol. The van der Waals surface area contributed by atoms with Crippen LogP contribution in [0.25, 0.3) is 0 Å². The third kappa shape index (κ3) is 3.47. The summed E-state index contributed by atoms with van der Waals surface area (Å²) in [4.78, 5) is 23.3. The van der Waals surface area contributed by atoms with E-state index in [4.69, 9.17) is 11.6 Å². The van der Waals surface area contributed by atoms with Crippen molar-refractivity contribution in [2.75, 3.05) is 0 Å². The van der Waals surface area contributed by atoms with Gasteiger partial charge in [0.2, 0.25) is 0 Å². The molecule has 6 heteroatoms. The van der Waals surface area contributed by atoms with E-state index in [0.29, 0.717) is 24.4 Å². The second-order valence-electron chi connectivity index (χ2n) is 5.59. The number of halogens is 1. The van der Waals surface area contributed by atoms with Gasteiger partial charge in [-0.25, -0.2) is 4.79 Å². The number of rotatable bonds is 4. The van der Waals surface area contributed by atoms with Gasteiger partial charge in [0, 0.05) is 17.6 Å². The van der Waals surface area contributed by atoms with Crippen molar-refractivity contribution in [1.29, 1.82) is 0 Å². The summed E-state index contributed by atoms with van der Waals surface area (Å²) in [6, 6.07) is 6.55. The zero-order valence-corrected chi connectivity index (χ0v) is 12.6. The second-order valence-corrected chi connectivity index (χ2v) is 5.99. The molecule has 0 aliphatic heterocycles. The highest BCUT2D eigenvalue weighted by atomic mass is 35.5. The topological polar surface area (TPSA) is 78.4 Å². The van der Waals surface area contributed by atoms with E-state index in [-0.39, 0.29) is 12.1 Å². The Bertz CT molecular complexity index is 549. The van der Waals surface area contributed by atoms with Crippen LogP contribution in [0.2, 0.25) is 5.02 Å². The molecule has 0 spiro atoms. The summed E-state index contributed by atoms with van der Waals surface area (Å²) >= 11 is 6.02. The number of amides is 2. The maximum atomic E-state index is 11.9. The lowest BCUT2D eigenvalue weighted by molar-refractivity contribution is -0.148. The van der Waals surface area contributed by atoms with Crippen LogP contribution in [0, 0.1) is 5.41 Å². The molecule has 2 rings (SSSR count). The number of carbonyl (C=O) groups is 2. The smallest absolute Gasteiger partial charge is 0.315 e. The highest BCUT2D eigenvalue weighted by Crippen LogP contribution is 2.38. The van der Waals surface area contributed by atoms with Crippen LogP contribution in [-0.4, -0.2) is 23.1 Å². The van der Waals surface area contributed by atoms with Crippen LogP contribution >= 0.6 is 11.6 Å². The van der Waals surface area contributed by atoms with Gasteiger partial charge in [-0.1, -0.05) is 36.2 Å². The summed E-state index contributed by atoms with van der Waals surface area (Å²) in [5.41, 5.74) is -0.0661. The molecule has 0 aromatic heterocycles. The molecular formula is C15H19ClN2O3. The minimum absolute atomic E-state index is 0.308. The average molecular weight is 311 g/mol. The van der Waals surface area contributed by atoms with Gasteiger partial charge in [-0.15, -0.1) is 0 Å². The maximum Gasteiger partial charge on any atom is 0.315 e. The molecule has 1 fully saturated rings. The van der Waals surface area contributed by atoms with Gasteiger partial charge in [0.1, 0.15) is 0 Å². The van der Waals surface area contributed by atoms with Crippen molar-refractivity contribution in [3.63, 3.8) is 0 Å². The van der Waals surface area contributed by atoms with Crippen LogP contribution in [0.3, 0.4) is 0 Å². The van der Waals surface area contributed by atoms with Gasteiger partial charge in [-0.3, -0.25) is 4.79 Å². The molecule has 0 radical (unpaired) electrons. The number of carbonyl (C=O) groups excluding carboxylic acids is 1. The number of benzene rings is 1. The summed E-state index contributed by atoms with van der Waals surface area (Å²) in [5.74, 6) is -0.864. The molecule has 1 aliphatic rings. The van der Waals surface area contributed by atoms with E-state index in [1.807, 2.05) is 18.2 Å². The van der Waals surface area contributed by atoms with E-state index in [2.05, 4.69) is 10.6 Å². The molecule has 1 aliphatic carbocycles. The largest absolute Gasteiger partial charge is 0.481 e. The van der Waals surface area contributed by atoms with Crippen molar-refractivity contribution in [3.8, 4) is 0 Å². The minimum atomic E-state index is -0.887. The van der Waals surface area contributed by atoms with Gasteiger partial charge in [0.15, 0.2) is 0 Å². The Morgan fingerprint density at radius 3 is 2.81 bits per heavy atom. The third-order valence-corrected chi connectivity index (χ3v) is 4.52. The minimum Gasteiger partial charge on any atom is -0.481 e. The summed E-state index contributed by atoms with van der Waals surface area (Å²) in [6.07, 6.45) is 2.07. The molecule has 1 aromatic rings. The van der Waals surface area contributed by atoms with Crippen molar-refractivity contribution >= 4 is 23.6 Å². The number of nitrogens with one attached hydrogen (secondary N) is 2. The van der Waals surface area contributed by atoms with E-state index in [0.717, 1.165) is 12.0 Å². The average Bonchev–Trinajstić information content (AvgIpc) is 2.81. The summed E-state index contributed by atoms with van der Waals surface area (Å²) in [6.45, 7) is 1.99. The number of carboxylic acids is 1. The van der Waals surface area contributed by atoms with Crippen molar-refractivity contribution < 1.29 is 14.7 Å². The first-order valence-electron chi connectivity index (χ1n) is 6.94. The molecule has 0 saturated heterocycles. The first kappa shape index (κ1) is 15.6. The fourth-order valence-electron chi connectivity index (χ4n) is 2.68. The van der Waals surface area contributed by atoms with Gasteiger partial charge in [0.25, 0.3) is 0 Å². The molecule has 2 unspecified atom stereocenters. The first-order valence-corrected chi connectivity index (χ1v) is 7.32. The molecule has 1 aromatic carbocycles. The van der Waals surface area contributed by atoms with Crippen LogP contribution in [0.15, 0.2) is 24.3 Å². The predicted octanol–water partition coefficient (Wildman–Crippen LogP) is 2.78. The molecule has 3 N–H and O–H groups in total. The lowest BCUT2D eigenvalue weighted by Crippen LogP contribution is -2.50. The van der Waals surface area contributed by atoms with Gasteiger partial charge < -0.3 is 15.7 Å². The lowest BCUT2D eigenvalue weighted by atomic mass is 9.85. The first-order chi connectivity index (χ1) is 9.93. The molecule has 0 heterocycles. The fraction of sp³-hybridized carbons (Fsp3) is 0.467. The Balaban J connectivity index is 1.90. The Kier molecular flexibility index (Phi) is 4.73. The normalized spacial score (nSPS) is 24.6. The summed E-state index contributed by atoms with van der Waals surface area (Å²) in [5, 5.41) is 15.4. The van der Waals surface area contributed by atoms with Crippen LogP contribution in [0.5, 0.6) is 0 Å². The monoisotopic (exact) mass is 310 g/mol. The van der Waals surface area contributed by atoms with Crippen LogP contribution in [-0.2, 0) is 11.3 Å². The van der Waals surface area contributed by atoms with E-state index < -0.39 is 11.4 Å². The Labute approximate surface area is 128 Å². The molecule has 2 atom stereocenters. The SMILES string of the molecule is CC1(C(=O)O)CCCC1NC(=O)NCc1ccccc1Cl. The Morgan fingerprint density at radius 1 is 1.43 bits per heavy atom. The highest BCUT2D eigenvalue weighted by molar-refractivity contribution is 6.31. The van der Waals surface area contributed by atoms with Crippen molar-refractivity contribution in [1.82, 2.24) is 10.6 Å². The highest BCUT2D eigenvalue weighted by Gasteiger charge is 2.45. The van der Waals surface area contributed by atoms with E-state index in [9.17, 15) is 14.7 Å². The van der Waals surface area contributed by atoms with Gasteiger partial charge in [0.05, 0.1) is 5.41 Å². The summed E-state index contributed by atoms with van der Waals surface area (Å²) < 4.78 is 0. The van der Waals surface area contributed by atoms with Gasteiger partial charge in [-0.05, 0) is 31.4 Å². The molecule has 114 valence electrons. The molecule has 0 bridgehead atoms. The number of aliphatic carboxylic acids is 1. The van der Waals surface area contributed by atoms with Crippen LogP contribution in [0.4, 0.5) is 4.79 Å². The van der Waals surface area contributed by atoms with Crippen LogP contribution in [0.1, 0.15) is 31.7 Å². The predicted molar refractivity (Wildman–Crippen MR) is 80.2 cm³/mol. The van der Waals surface area contributed by atoms with E-state index in [1.54, 1.807) is 13.0 Å². The third-order valence-electron chi connectivity index (χ3n) is 4.15. The van der Waals surface area contributed by atoms with Crippen molar-refractivity contribution in [2.24, 2.45) is 5.41 Å². The van der Waals surface area contributed by atoms with Gasteiger partial charge in [-0.2, -0.15) is 0 Å². The van der Waals surface area contributed by atoms with Crippen LogP contribution < -0.4 is 10.6 Å². The Hall–Kier alpha value is -1.75. The van der Waals surface area contributed by atoms with E-state index in [1.165, 1.54) is 0 Å². The standard InChI is InChI=1S/C15H19ClN2O3/c1-15(13(19)20)8-4-7-12(15)18-14(21)17-9-10-5-2-3-6-11(10)16/h2-3,5-6,12H,4,7-9H2,1H3,(H,19,20)(H2,17,18,21). The summed E-state index contributed by atoms with van der Waals surface area (Å²) in [7, 11) is 0. The zero-order chi connectivity index (χ0) is 15.5. The number of hydrogen-bond donors (Lipinski definition) is 3. The molecule has 2 amide bonds. The number of carboxylic acid groups (broad SMARTS) is 1. The number of hydrogen-bond acceptors (Lipinski definition) is 2. The van der Waals surface area contributed by atoms with Crippen molar-refractivity contribution in [2.45, 2.75) is 38.8 Å². The van der Waals surface area contributed by atoms with Crippen molar-refractivity contribution in [3.05, 3.63) is 34.9 Å². The fourth-order valence-corrected chi connectivity index (χ4v) is 2.88. The Morgan fingerprint density at radius 2 is 2.14 bits per heavy atom. The molecule has 1 saturated carbocycles. The quantitative estimate of drug-likeness (QED) is 0.800. The lowest BCUT2D eigenvalue weighted by Gasteiger charge is -2.27. The van der Waals surface area contributed by atoms with Gasteiger partial charge >= 0.3 is 12.0 Å². The van der Waals surface area contributed by atoms with E-state index >= 15 is 0 Å². The molecule has 5 nitrogen and oxygen atoms in total. The zero-order valence-electron chi connectivity index (χ0n) is 11.9. The maximum absolute atomic E-state index is 11.9. The number of urea groups is 1. The molecule has 21 heavy (non-hydrogen) atoms.